The maximum absolute atomic E-state index is 10.7. The van der Waals surface area contributed by atoms with Gasteiger partial charge < -0.3 is 14.4 Å². The molecule has 0 aromatic rings. The van der Waals surface area contributed by atoms with Gasteiger partial charge in [-0.1, -0.05) is 0 Å². The highest BCUT2D eigenvalue weighted by molar-refractivity contribution is 5.72. The van der Waals surface area contributed by atoms with E-state index in [9.17, 15) is 9.59 Å². The van der Waals surface area contributed by atoms with Crippen molar-refractivity contribution < 1.29 is 19.2 Å². The summed E-state index contributed by atoms with van der Waals surface area (Å²) in [6, 6.07) is -0.491. The van der Waals surface area contributed by atoms with E-state index in [2.05, 4.69) is 0 Å². The number of carboxylic acid groups (broad SMARTS) is 1. The van der Waals surface area contributed by atoms with Crippen LogP contribution in [0.1, 0.15) is 12.8 Å². The van der Waals surface area contributed by atoms with Gasteiger partial charge in [0.25, 0.3) is 0 Å². The van der Waals surface area contributed by atoms with Gasteiger partial charge in [0.15, 0.2) is 6.04 Å². The van der Waals surface area contributed by atoms with E-state index in [1.54, 1.807) is 0 Å². The van der Waals surface area contributed by atoms with Crippen LogP contribution in [-0.2, 0) is 9.59 Å². The van der Waals surface area contributed by atoms with Crippen LogP contribution >= 0.6 is 0 Å². The summed E-state index contributed by atoms with van der Waals surface area (Å²) < 4.78 is 0.350. The van der Waals surface area contributed by atoms with E-state index in [-0.39, 0.29) is 0 Å². The van der Waals surface area contributed by atoms with Gasteiger partial charge in [-0.05, 0) is 0 Å². The number of aliphatic carboxylic acids is 1. The summed E-state index contributed by atoms with van der Waals surface area (Å²) in [5, 5.41) is 8.80. The zero-order valence-corrected chi connectivity index (χ0v) is 7.78. The standard InChI is InChI=1S/C8H15NO3/c1-9(2,3)7(8(11)12)5-4-6-10/h6-7H,4-5H2,1-3H3/p+1. The van der Waals surface area contributed by atoms with Crippen molar-refractivity contribution in [1.29, 1.82) is 0 Å². The molecule has 0 aliphatic carbocycles. The zero-order chi connectivity index (χ0) is 9.78. The highest BCUT2D eigenvalue weighted by atomic mass is 16.4. The molecule has 0 aliphatic rings. The topological polar surface area (TPSA) is 54.4 Å². The molecule has 0 radical (unpaired) electrons. The molecule has 0 bridgehead atoms. The number of hydrogen-bond donors (Lipinski definition) is 1. The number of carbonyl (C=O) groups is 2. The fourth-order valence-electron chi connectivity index (χ4n) is 1.07. The predicted octanol–water partition coefficient (Wildman–Crippen LogP) is 0.125. The van der Waals surface area contributed by atoms with Crippen LogP contribution in [0.15, 0.2) is 0 Å². The summed E-state index contributed by atoms with van der Waals surface area (Å²) in [6.07, 6.45) is 1.47. The highest BCUT2D eigenvalue weighted by Crippen LogP contribution is 2.09. The smallest absolute Gasteiger partial charge is 0.362 e. The Hall–Kier alpha value is -0.900. The van der Waals surface area contributed by atoms with Crippen LogP contribution < -0.4 is 0 Å². The molecule has 1 atom stereocenters. The second-order valence-electron chi connectivity index (χ2n) is 3.71. The number of quaternary nitrogens is 1. The number of carbonyl (C=O) groups excluding carboxylic acids is 1. The van der Waals surface area contributed by atoms with Crippen molar-refractivity contribution >= 4 is 12.3 Å². The van der Waals surface area contributed by atoms with Crippen molar-refractivity contribution in [3.05, 3.63) is 0 Å². The summed E-state index contributed by atoms with van der Waals surface area (Å²) in [7, 11) is 5.43. The SMILES string of the molecule is C[N+](C)(C)C(CCC=O)C(=O)O. The van der Waals surface area contributed by atoms with Crippen molar-refractivity contribution in [2.45, 2.75) is 18.9 Å². The molecule has 0 saturated heterocycles. The first kappa shape index (κ1) is 11.1. The van der Waals surface area contributed by atoms with Gasteiger partial charge in [-0.15, -0.1) is 0 Å². The minimum absolute atomic E-state index is 0.312. The molecule has 0 heterocycles. The maximum Gasteiger partial charge on any atom is 0.362 e. The van der Waals surface area contributed by atoms with Crippen LogP contribution in [0.3, 0.4) is 0 Å². The number of aldehydes is 1. The molecular weight excluding hydrogens is 158 g/mol. The maximum atomic E-state index is 10.7. The lowest BCUT2D eigenvalue weighted by Gasteiger charge is -2.30. The Labute approximate surface area is 72.4 Å². The lowest BCUT2D eigenvalue weighted by molar-refractivity contribution is -0.887. The monoisotopic (exact) mass is 174 g/mol. The minimum Gasteiger partial charge on any atom is -0.477 e. The summed E-state index contributed by atoms with van der Waals surface area (Å²) in [5.74, 6) is -0.843. The summed E-state index contributed by atoms with van der Waals surface area (Å²) in [4.78, 5) is 20.8. The van der Waals surface area contributed by atoms with Gasteiger partial charge in [-0.3, -0.25) is 0 Å². The molecule has 1 N–H and O–H groups in total. The molecule has 0 fully saturated rings. The summed E-state index contributed by atoms with van der Waals surface area (Å²) in [5.41, 5.74) is 0. The first-order valence-electron chi connectivity index (χ1n) is 3.87. The van der Waals surface area contributed by atoms with Crippen LogP contribution in [0.25, 0.3) is 0 Å². The number of hydrogen-bond acceptors (Lipinski definition) is 2. The van der Waals surface area contributed by atoms with E-state index < -0.39 is 12.0 Å². The van der Waals surface area contributed by atoms with Crippen LogP contribution in [0.2, 0.25) is 0 Å². The summed E-state index contributed by atoms with van der Waals surface area (Å²) in [6.45, 7) is 0. The first-order chi connectivity index (χ1) is 5.39. The number of rotatable bonds is 5. The molecule has 0 rings (SSSR count). The molecule has 1 unspecified atom stereocenters. The third kappa shape index (κ3) is 3.48. The fraction of sp³-hybridized carbons (Fsp3) is 0.750. The third-order valence-corrected chi connectivity index (χ3v) is 1.78. The molecule has 4 heteroatoms. The average Bonchev–Trinajstić information content (AvgIpc) is 1.84. The first-order valence-corrected chi connectivity index (χ1v) is 3.87. The predicted molar refractivity (Wildman–Crippen MR) is 44.8 cm³/mol. The molecule has 0 amide bonds. The van der Waals surface area contributed by atoms with E-state index in [1.807, 2.05) is 21.1 Å². The minimum atomic E-state index is -0.843. The second kappa shape index (κ2) is 4.21. The van der Waals surface area contributed by atoms with E-state index in [1.165, 1.54) is 0 Å². The lowest BCUT2D eigenvalue weighted by Crippen LogP contribution is -2.49. The van der Waals surface area contributed by atoms with Crippen LogP contribution in [0, 0.1) is 0 Å². The van der Waals surface area contributed by atoms with Crippen molar-refractivity contribution in [1.82, 2.24) is 0 Å². The zero-order valence-electron chi connectivity index (χ0n) is 7.78. The Kier molecular flexibility index (Phi) is 3.89. The number of nitrogens with zero attached hydrogens (tertiary/aromatic N) is 1. The normalized spacial score (nSPS) is 13.9. The lowest BCUT2D eigenvalue weighted by atomic mass is 10.1. The number of carboxylic acids is 1. The molecular formula is C8H16NO3+. The fourth-order valence-corrected chi connectivity index (χ4v) is 1.07. The van der Waals surface area contributed by atoms with E-state index in [0.29, 0.717) is 17.3 Å². The van der Waals surface area contributed by atoms with Gasteiger partial charge in [-0.2, -0.15) is 0 Å². The van der Waals surface area contributed by atoms with Gasteiger partial charge in [0.2, 0.25) is 0 Å². The van der Waals surface area contributed by atoms with Crippen LogP contribution in [-0.4, -0.2) is 49.0 Å². The molecule has 4 nitrogen and oxygen atoms in total. The quantitative estimate of drug-likeness (QED) is 0.476. The largest absolute Gasteiger partial charge is 0.477 e. The van der Waals surface area contributed by atoms with Crippen molar-refractivity contribution in [3.63, 3.8) is 0 Å². The van der Waals surface area contributed by atoms with Crippen LogP contribution in [0.5, 0.6) is 0 Å². The molecule has 0 aromatic carbocycles. The Morgan fingerprint density at radius 2 is 2.00 bits per heavy atom. The van der Waals surface area contributed by atoms with Crippen molar-refractivity contribution in [2.24, 2.45) is 0 Å². The Morgan fingerprint density at radius 3 is 2.25 bits per heavy atom. The number of likely N-dealkylation sites (N-methyl/N-ethyl adjacent to an activating group) is 1. The van der Waals surface area contributed by atoms with Gasteiger partial charge in [0.1, 0.15) is 6.29 Å². The average molecular weight is 174 g/mol. The van der Waals surface area contributed by atoms with Crippen LogP contribution in [0.4, 0.5) is 0 Å². The van der Waals surface area contributed by atoms with Gasteiger partial charge in [0.05, 0.1) is 21.1 Å². The molecule has 0 aliphatic heterocycles. The Morgan fingerprint density at radius 1 is 1.50 bits per heavy atom. The van der Waals surface area contributed by atoms with Crippen molar-refractivity contribution in [3.8, 4) is 0 Å². The Balaban J connectivity index is 4.24. The molecule has 0 aromatic heterocycles. The van der Waals surface area contributed by atoms with Crippen molar-refractivity contribution in [2.75, 3.05) is 21.1 Å². The van der Waals surface area contributed by atoms with Gasteiger partial charge in [0, 0.05) is 12.8 Å². The second-order valence-corrected chi connectivity index (χ2v) is 3.71. The third-order valence-electron chi connectivity index (χ3n) is 1.78. The van der Waals surface area contributed by atoms with Gasteiger partial charge >= 0.3 is 5.97 Å². The Bertz CT molecular complexity index is 172. The molecule has 0 saturated carbocycles. The van der Waals surface area contributed by atoms with Gasteiger partial charge in [-0.25, -0.2) is 4.79 Å². The molecule has 12 heavy (non-hydrogen) atoms. The van der Waals surface area contributed by atoms with E-state index >= 15 is 0 Å². The summed E-state index contributed by atoms with van der Waals surface area (Å²) >= 11 is 0. The molecule has 0 spiro atoms. The van der Waals surface area contributed by atoms with E-state index in [0.717, 1.165) is 6.29 Å². The highest BCUT2D eigenvalue weighted by Gasteiger charge is 2.30. The molecule has 70 valence electrons. The van der Waals surface area contributed by atoms with E-state index in [4.69, 9.17) is 5.11 Å².